The summed E-state index contributed by atoms with van der Waals surface area (Å²) in [7, 11) is 0. The second kappa shape index (κ2) is 64.9. The van der Waals surface area contributed by atoms with Gasteiger partial charge >= 0.3 is 17.9 Å². The van der Waals surface area contributed by atoms with Crippen LogP contribution in [0, 0.1) is 0 Å². The summed E-state index contributed by atoms with van der Waals surface area (Å²) in [6.07, 6.45) is 87.0. The van der Waals surface area contributed by atoms with E-state index >= 15 is 0 Å². The molecule has 0 fully saturated rings. The minimum Gasteiger partial charge on any atom is -0.462 e. The number of ether oxygens (including phenoxy) is 3. The van der Waals surface area contributed by atoms with Gasteiger partial charge < -0.3 is 14.2 Å². The lowest BCUT2D eigenvalue weighted by Gasteiger charge is -2.18. The van der Waals surface area contributed by atoms with Gasteiger partial charge in [0.2, 0.25) is 0 Å². The van der Waals surface area contributed by atoms with Gasteiger partial charge in [0.05, 0.1) is 0 Å². The molecule has 0 heterocycles. The van der Waals surface area contributed by atoms with Crippen molar-refractivity contribution in [3.8, 4) is 0 Å². The standard InChI is InChI=1S/C71H122O6/c1-4-7-10-13-16-19-22-25-27-29-31-33-34-35-36-38-39-41-43-46-49-52-55-58-61-64-70(73)76-67-68(66-75-69(72)63-60-57-54-51-48-45-24-21-18-15-12-9-6-3)77-71(74)65-62-59-56-53-50-47-44-42-40-37-32-30-28-26-23-20-17-14-11-8-5-2/h8,11-12,15,17,20-22,24-26,28-29,31-32,37,68H,4-7,9-10,13-14,16,18-19,23,27,30,33-36,38-67H2,1-3H3/b11-8-,15-12-,20-17-,24-21-,25-22-,28-26-,31-29-,37-32-. The molecule has 0 saturated carbocycles. The van der Waals surface area contributed by atoms with Gasteiger partial charge in [0, 0.05) is 19.3 Å². The third-order valence-electron chi connectivity index (χ3n) is 14.0. The highest BCUT2D eigenvalue weighted by molar-refractivity contribution is 5.71. The van der Waals surface area contributed by atoms with Crippen LogP contribution in [0.15, 0.2) is 97.2 Å². The molecule has 0 aliphatic heterocycles. The minimum atomic E-state index is -0.790. The molecule has 6 nitrogen and oxygen atoms in total. The molecule has 0 aliphatic carbocycles. The summed E-state index contributed by atoms with van der Waals surface area (Å²) in [4.78, 5) is 38.3. The van der Waals surface area contributed by atoms with Crippen molar-refractivity contribution < 1.29 is 28.6 Å². The van der Waals surface area contributed by atoms with Gasteiger partial charge in [-0.1, -0.05) is 279 Å². The van der Waals surface area contributed by atoms with Crippen molar-refractivity contribution in [1.82, 2.24) is 0 Å². The van der Waals surface area contributed by atoms with Crippen LogP contribution in [-0.4, -0.2) is 37.2 Å². The van der Waals surface area contributed by atoms with E-state index in [0.29, 0.717) is 19.3 Å². The molecule has 77 heavy (non-hydrogen) atoms. The summed E-state index contributed by atoms with van der Waals surface area (Å²) in [5.74, 6) is -0.898. The number of carbonyl (C=O) groups excluding carboxylic acids is 3. The Morgan fingerprint density at radius 3 is 0.844 bits per heavy atom. The highest BCUT2D eigenvalue weighted by atomic mass is 16.6. The lowest BCUT2D eigenvalue weighted by Crippen LogP contribution is -2.30. The van der Waals surface area contributed by atoms with Crippen molar-refractivity contribution >= 4 is 17.9 Å². The van der Waals surface area contributed by atoms with E-state index in [1.54, 1.807) is 0 Å². The largest absolute Gasteiger partial charge is 0.462 e. The summed E-state index contributed by atoms with van der Waals surface area (Å²) < 4.78 is 16.9. The van der Waals surface area contributed by atoms with Gasteiger partial charge in [-0.05, 0) is 116 Å². The molecular weight excluding hydrogens is 949 g/mol. The molecule has 0 amide bonds. The number of unbranched alkanes of at least 4 members (excludes halogenated alkanes) is 32. The van der Waals surface area contributed by atoms with E-state index < -0.39 is 6.10 Å². The van der Waals surface area contributed by atoms with E-state index in [9.17, 15) is 14.4 Å². The lowest BCUT2D eigenvalue weighted by molar-refractivity contribution is -0.167. The average molecular weight is 1070 g/mol. The molecule has 0 bridgehead atoms. The van der Waals surface area contributed by atoms with Crippen LogP contribution in [0.2, 0.25) is 0 Å². The van der Waals surface area contributed by atoms with Crippen LogP contribution in [0.4, 0.5) is 0 Å². The molecule has 0 radical (unpaired) electrons. The number of esters is 3. The number of hydrogen-bond donors (Lipinski definition) is 0. The van der Waals surface area contributed by atoms with Crippen LogP contribution >= 0.6 is 0 Å². The number of hydrogen-bond acceptors (Lipinski definition) is 6. The Hall–Kier alpha value is -3.67. The monoisotopic (exact) mass is 1070 g/mol. The molecule has 0 aromatic carbocycles. The molecule has 0 aromatic heterocycles. The summed E-state index contributed by atoms with van der Waals surface area (Å²) >= 11 is 0. The highest BCUT2D eigenvalue weighted by Gasteiger charge is 2.19. The summed E-state index contributed by atoms with van der Waals surface area (Å²) in [6, 6.07) is 0. The summed E-state index contributed by atoms with van der Waals surface area (Å²) in [5.41, 5.74) is 0. The van der Waals surface area contributed by atoms with E-state index in [1.165, 1.54) is 148 Å². The maximum absolute atomic E-state index is 12.9. The molecule has 0 N–H and O–H groups in total. The van der Waals surface area contributed by atoms with E-state index in [4.69, 9.17) is 14.2 Å². The fourth-order valence-electron chi connectivity index (χ4n) is 9.15. The van der Waals surface area contributed by atoms with Crippen molar-refractivity contribution in [1.29, 1.82) is 0 Å². The van der Waals surface area contributed by atoms with Crippen molar-refractivity contribution in [2.75, 3.05) is 13.2 Å². The highest BCUT2D eigenvalue weighted by Crippen LogP contribution is 2.16. The quantitative estimate of drug-likeness (QED) is 0.0261. The number of carbonyl (C=O) groups is 3. The predicted molar refractivity (Wildman–Crippen MR) is 334 cm³/mol. The van der Waals surface area contributed by atoms with Crippen LogP contribution in [0.1, 0.15) is 316 Å². The zero-order valence-corrected chi connectivity index (χ0v) is 50.7. The Morgan fingerprint density at radius 2 is 0.532 bits per heavy atom. The van der Waals surface area contributed by atoms with Gasteiger partial charge in [0.1, 0.15) is 13.2 Å². The maximum Gasteiger partial charge on any atom is 0.306 e. The second-order valence-electron chi connectivity index (χ2n) is 21.6. The number of rotatable bonds is 59. The van der Waals surface area contributed by atoms with E-state index in [-0.39, 0.29) is 31.1 Å². The van der Waals surface area contributed by atoms with Gasteiger partial charge in [-0.15, -0.1) is 0 Å². The Morgan fingerprint density at radius 1 is 0.273 bits per heavy atom. The SMILES string of the molecule is CC/C=C\C/C=C\C/C=C\C/C=C\CCCCCCCCCCC(=O)OC(COC(=O)CCCCCCC/C=C\C/C=C\CCC)COC(=O)CCCCCCCCCCCCCCC/C=C\C/C=C\CCCCCCC. The second-order valence-corrected chi connectivity index (χ2v) is 21.6. The minimum absolute atomic E-state index is 0.0849. The molecule has 6 heteroatoms. The zero-order valence-electron chi connectivity index (χ0n) is 50.7. The molecule has 0 aromatic rings. The van der Waals surface area contributed by atoms with Gasteiger partial charge in [-0.3, -0.25) is 14.4 Å². The first-order valence-corrected chi connectivity index (χ1v) is 32.7. The first-order chi connectivity index (χ1) is 38.0. The smallest absolute Gasteiger partial charge is 0.306 e. The summed E-state index contributed by atoms with van der Waals surface area (Å²) in [6.45, 7) is 6.46. The van der Waals surface area contributed by atoms with Gasteiger partial charge in [-0.25, -0.2) is 0 Å². The van der Waals surface area contributed by atoms with E-state index in [2.05, 4.69) is 118 Å². The first kappa shape index (κ1) is 73.3. The van der Waals surface area contributed by atoms with Gasteiger partial charge in [0.25, 0.3) is 0 Å². The third-order valence-corrected chi connectivity index (χ3v) is 14.0. The van der Waals surface area contributed by atoms with Crippen LogP contribution in [0.25, 0.3) is 0 Å². The molecule has 0 aliphatic rings. The Balaban J connectivity index is 4.32. The topological polar surface area (TPSA) is 78.9 Å². The Bertz CT molecular complexity index is 1510. The Labute approximate surface area is 477 Å². The fourth-order valence-corrected chi connectivity index (χ4v) is 9.15. The van der Waals surface area contributed by atoms with Crippen molar-refractivity contribution in [3.63, 3.8) is 0 Å². The lowest BCUT2D eigenvalue weighted by atomic mass is 10.0. The van der Waals surface area contributed by atoms with Crippen molar-refractivity contribution in [3.05, 3.63) is 97.2 Å². The van der Waals surface area contributed by atoms with Crippen LogP contribution in [0.5, 0.6) is 0 Å². The molecule has 0 saturated heterocycles. The predicted octanol–water partition coefficient (Wildman–Crippen LogP) is 22.4. The van der Waals surface area contributed by atoms with E-state index in [0.717, 1.165) is 128 Å². The molecular formula is C71H122O6. The van der Waals surface area contributed by atoms with Crippen molar-refractivity contribution in [2.45, 2.75) is 322 Å². The average Bonchev–Trinajstić information content (AvgIpc) is 3.43. The number of allylic oxidation sites excluding steroid dienone is 16. The third kappa shape index (κ3) is 63.0. The zero-order chi connectivity index (χ0) is 55.7. The maximum atomic E-state index is 12.9. The van der Waals surface area contributed by atoms with Crippen molar-refractivity contribution in [2.24, 2.45) is 0 Å². The van der Waals surface area contributed by atoms with Gasteiger partial charge in [-0.2, -0.15) is 0 Å². The molecule has 442 valence electrons. The van der Waals surface area contributed by atoms with Crippen LogP contribution in [-0.2, 0) is 28.6 Å². The van der Waals surface area contributed by atoms with Crippen LogP contribution < -0.4 is 0 Å². The molecule has 0 spiro atoms. The fraction of sp³-hybridized carbons (Fsp3) is 0.732. The van der Waals surface area contributed by atoms with E-state index in [1.807, 2.05) is 0 Å². The van der Waals surface area contributed by atoms with Crippen LogP contribution in [0.3, 0.4) is 0 Å². The molecule has 0 rings (SSSR count). The summed E-state index contributed by atoms with van der Waals surface area (Å²) in [5, 5.41) is 0. The first-order valence-electron chi connectivity index (χ1n) is 32.7. The molecule has 1 unspecified atom stereocenters. The normalized spacial score (nSPS) is 12.7. The van der Waals surface area contributed by atoms with Gasteiger partial charge in [0.15, 0.2) is 6.10 Å². The molecule has 1 atom stereocenters. The Kier molecular flexibility index (Phi) is 61.8.